The van der Waals surface area contributed by atoms with Crippen LogP contribution in [-0.4, -0.2) is 14.8 Å². The van der Waals surface area contributed by atoms with Gasteiger partial charge in [-0.05, 0) is 25.8 Å². The molecule has 78 valence electrons. The van der Waals surface area contributed by atoms with Gasteiger partial charge in [-0.2, -0.15) is 0 Å². The molecule has 0 aromatic carbocycles. The molecule has 1 heterocycles. The summed E-state index contributed by atoms with van der Waals surface area (Å²) in [5.41, 5.74) is 2.10. The molecule has 1 aromatic heterocycles. The van der Waals surface area contributed by atoms with Crippen molar-refractivity contribution < 1.29 is 0 Å². The van der Waals surface area contributed by atoms with E-state index >= 15 is 0 Å². The van der Waals surface area contributed by atoms with E-state index in [0.717, 1.165) is 23.6 Å². The summed E-state index contributed by atoms with van der Waals surface area (Å²) in [5, 5.41) is 0. The molecule has 3 heteroatoms. The summed E-state index contributed by atoms with van der Waals surface area (Å²) in [6, 6.07) is 2.00. The van der Waals surface area contributed by atoms with Crippen LogP contribution in [0.1, 0.15) is 31.1 Å². The van der Waals surface area contributed by atoms with E-state index in [1.807, 2.05) is 19.9 Å². The van der Waals surface area contributed by atoms with E-state index in [9.17, 15) is 0 Å². The molecule has 1 unspecified atom stereocenters. The molecule has 14 heavy (non-hydrogen) atoms. The lowest BCUT2D eigenvalue weighted by atomic mass is 10.1. The van der Waals surface area contributed by atoms with Gasteiger partial charge >= 0.3 is 0 Å². The first-order valence-corrected chi connectivity index (χ1v) is 5.86. The van der Waals surface area contributed by atoms with Crippen molar-refractivity contribution >= 4 is 15.9 Å². The average Bonchev–Trinajstić information content (AvgIpc) is 2.01. The maximum Gasteiger partial charge on any atom is 0.129 e. The predicted octanol–water partition coefficient (Wildman–Crippen LogP) is 3.06. The Balaban J connectivity index is 2.76. The standard InChI is InChI=1S/C11H17BrN2/c1-7(2)10(12)6-11-13-8(3)5-9(4)14-11/h5,7,10H,6H2,1-4H3. The lowest BCUT2D eigenvalue weighted by Gasteiger charge is -2.12. The molecule has 0 saturated heterocycles. The number of hydrogen-bond donors (Lipinski definition) is 0. The van der Waals surface area contributed by atoms with Crippen molar-refractivity contribution in [3.8, 4) is 0 Å². The highest BCUT2D eigenvalue weighted by molar-refractivity contribution is 9.09. The Labute approximate surface area is 94.3 Å². The second-order valence-corrected chi connectivity index (χ2v) is 5.21. The molecule has 0 bridgehead atoms. The fraction of sp³-hybridized carbons (Fsp3) is 0.636. The summed E-state index contributed by atoms with van der Waals surface area (Å²) in [5.74, 6) is 1.55. The van der Waals surface area contributed by atoms with E-state index in [1.54, 1.807) is 0 Å². The average molecular weight is 257 g/mol. The van der Waals surface area contributed by atoms with Crippen molar-refractivity contribution in [1.29, 1.82) is 0 Å². The van der Waals surface area contributed by atoms with Gasteiger partial charge in [-0.1, -0.05) is 29.8 Å². The largest absolute Gasteiger partial charge is 0.238 e. The topological polar surface area (TPSA) is 25.8 Å². The highest BCUT2D eigenvalue weighted by Crippen LogP contribution is 2.16. The second-order valence-electron chi connectivity index (χ2n) is 4.03. The number of halogens is 1. The van der Waals surface area contributed by atoms with E-state index in [-0.39, 0.29) is 0 Å². The van der Waals surface area contributed by atoms with Crippen LogP contribution in [0.3, 0.4) is 0 Å². The molecule has 0 aliphatic rings. The van der Waals surface area contributed by atoms with Gasteiger partial charge in [-0.3, -0.25) is 0 Å². The van der Waals surface area contributed by atoms with Gasteiger partial charge in [-0.15, -0.1) is 0 Å². The summed E-state index contributed by atoms with van der Waals surface area (Å²) in [7, 11) is 0. The molecule has 1 atom stereocenters. The molecule has 0 N–H and O–H groups in total. The Morgan fingerprint density at radius 3 is 2.14 bits per heavy atom. The summed E-state index contributed by atoms with van der Waals surface area (Å²) in [4.78, 5) is 9.29. The van der Waals surface area contributed by atoms with Gasteiger partial charge in [0.25, 0.3) is 0 Å². The van der Waals surface area contributed by atoms with Crippen LogP contribution in [0.5, 0.6) is 0 Å². The highest BCUT2D eigenvalue weighted by Gasteiger charge is 2.12. The molecule has 0 aliphatic carbocycles. The van der Waals surface area contributed by atoms with Gasteiger partial charge < -0.3 is 0 Å². The third-order valence-electron chi connectivity index (χ3n) is 2.13. The summed E-state index contributed by atoms with van der Waals surface area (Å²) in [6.07, 6.45) is 0.903. The minimum Gasteiger partial charge on any atom is -0.238 e. The zero-order valence-electron chi connectivity index (χ0n) is 9.21. The number of alkyl halides is 1. The Morgan fingerprint density at radius 1 is 1.21 bits per heavy atom. The van der Waals surface area contributed by atoms with Crippen molar-refractivity contribution in [1.82, 2.24) is 9.97 Å². The summed E-state index contributed by atoms with van der Waals surface area (Å²) >= 11 is 3.65. The minimum absolute atomic E-state index is 0.462. The van der Waals surface area contributed by atoms with Crippen LogP contribution in [0.15, 0.2) is 6.07 Å². The number of aromatic nitrogens is 2. The molecule has 0 aliphatic heterocycles. The number of rotatable bonds is 3. The van der Waals surface area contributed by atoms with Crippen molar-refractivity contribution in [2.75, 3.05) is 0 Å². The SMILES string of the molecule is Cc1cc(C)nc(CC(Br)C(C)C)n1. The van der Waals surface area contributed by atoms with E-state index in [2.05, 4.69) is 39.7 Å². The van der Waals surface area contributed by atoms with Crippen LogP contribution >= 0.6 is 15.9 Å². The molecule has 2 nitrogen and oxygen atoms in total. The van der Waals surface area contributed by atoms with Crippen molar-refractivity contribution in [2.45, 2.75) is 38.9 Å². The summed E-state index contributed by atoms with van der Waals surface area (Å²) in [6.45, 7) is 8.41. The zero-order chi connectivity index (χ0) is 10.7. The van der Waals surface area contributed by atoms with Gasteiger partial charge in [0.05, 0.1) is 0 Å². The van der Waals surface area contributed by atoms with Gasteiger partial charge in [0.1, 0.15) is 5.82 Å². The Kier molecular flexibility index (Phi) is 4.05. The quantitative estimate of drug-likeness (QED) is 0.778. The fourth-order valence-electron chi connectivity index (χ4n) is 1.30. The zero-order valence-corrected chi connectivity index (χ0v) is 10.8. The van der Waals surface area contributed by atoms with Crippen molar-refractivity contribution in [3.05, 3.63) is 23.3 Å². The maximum atomic E-state index is 4.42. The van der Waals surface area contributed by atoms with Gasteiger partial charge in [0, 0.05) is 22.6 Å². The normalized spacial score (nSPS) is 13.3. The Hall–Kier alpha value is -0.440. The lowest BCUT2D eigenvalue weighted by molar-refractivity contribution is 0.598. The van der Waals surface area contributed by atoms with E-state index in [0.29, 0.717) is 10.7 Å². The fourth-order valence-corrected chi connectivity index (χ4v) is 1.59. The molecule has 0 spiro atoms. The molecular formula is C11H17BrN2. The van der Waals surface area contributed by atoms with Gasteiger partial charge in [-0.25, -0.2) is 9.97 Å². The monoisotopic (exact) mass is 256 g/mol. The van der Waals surface area contributed by atoms with E-state index < -0.39 is 0 Å². The van der Waals surface area contributed by atoms with Crippen LogP contribution in [-0.2, 0) is 6.42 Å². The molecule has 0 amide bonds. The third-order valence-corrected chi connectivity index (χ3v) is 3.51. The van der Waals surface area contributed by atoms with Crippen molar-refractivity contribution in [3.63, 3.8) is 0 Å². The van der Waals surface area contributed by atoms with E-state index in [1.165, 1.54) is 0 Å². The van der Waals surface area contributed by atoms with E-state index in [4.69, 9.17) is 0 Å². The minimum atomic E-state index is 0.462. The van der Waals surface area contributed by atoms with Crippen molar-refractivity contribution in [2.24, 2.45) is 5.92 Å². The predicted molar refractivity (Wildman–Crippen MR) is 62.8 cm³/mol. The highest BCUT2D eigenvalue weighted by atomic mass is 79.9. The lowest BCUT2D eigenvalue weighted by Crippen LogP contribution is -2.13. The number of nitrogens with zero attached hydrogens (tertiary/aromatic N) is 2. The molecular weight excluding hydrogens is 240 g/mol. The maximum absolute atomic E-state index is 4.42. The van der Waals surface area contributed by atoms with Crippen LogP contribution in [0.4, 0.5) is 0 Å². The first kappa shape index (κ1) is 11.6. The first-order valence-electron chi connectivity index (χ1n) is 4.94. The molecule has 0 saturated carbocycles. The Bertz CT molecular complexity index is 290. The van der Waals surface area contributed by atoms with Crippen LogP contribution < -0.4 is 0 Å². The molecule has 0 fully saturated rings. The first-order chi connectivity index (χ1) is 6.49. The number of aryl methyl sites for hydroxylation is 2. The van der Waals surface area contributed by atoms with Gasteiger partial charge in [0.15, 0.2) is 0 Å². The van der Waals surface area contributed by atoms with Crippen LogP contribution in [0.2, 0.25) is 0 Å². The molecule has 1 rings (SSSR count). The smallest absolute Gasteiger partial charge is 0.129 e. The summed E-state index contributed by atoms with van der Waals surface area (Å²) < 4.78 is 0. The van der Waals surface area contributed by atoms with Crippen LogP contribution in [0.25, 0.3) is 0 Å². The van der Waals surface area contributed by atoms with Crippen LogP contribution in [0, 0.1) is 19.8 Å². The molecule has 0 radical (unpaired) electrons. The second kappa shape index (κ2) is 4.87. The Morgan fingerprint density at radius 2 is 1.71 bits per heavy atom. The number of hydrogen-bond acceptors (Lipinski definition) is 2. The van der Waals surface area contributed by atoms with Gasteiger partial charge in [0.2, 0.25) is 0 Å². The molecule has 1 aromatic rings. The third kappa shape index (κ3) is 3.37.